The molecule has 5 heteroatoms. The SMILES string of the molecule is c1ccc2c(CSc3nnc(C4CCNCC4)o3)cccc2c1. The Kier molecular flexibility index (Phi) is 4.30. The van der Waals surface area contributed by atoms with Crippen LogP contribution in [0.2, 0.25) is 0 Å². The van der Waals surface area contributed by atoms with Gasteiger partial charge in [0.15, 0.2) is 0 Å². The van der Waals surface area contributed by atoms with Crippen molar-refractivity contribution in [3.63, 3.8) is 0 Å². The summed E-state index contributed by atoms with van der Waals surface area (Å²) in [6, 6.07) is 14.9. The molecule has 0 atom stereocenters. The van der Waals surface area contributed by atoms with Gasteiger partial charge in [0.2, 0.25) is 5.89 Å². The zero-order valence-corrected chi connectivity index (χ0v) is 13.7. The van der Waals surface area contributed by atoms with Gasteiger partial charge in [0.1, 0.15) is 0 Å². The van der Waals surface area contributed by atoms with Crippen LogP contribution in [0.25, 0.3) is 10.8 Å². The molecule has 2 heterocycles. The summed E-state index contributed by atoms with van der Waals surface area (Å²) in [5, 5.41) is 15.1. The van der Waals surface area contributed by atoms with Gasteiger partial charge in [0.05, 0.1) is 0 Å². The second kappa shape index (κ2) is 6.72. The van der Waals surface area contributed by atoms with Gasteiger partial charge in [-0.05, 0) is 42.3 Å². The first kappa shape index (κ1) is 14.7. The Morgan fingerprint density at radius 1 is 1.04 bits per heavy atom. The van der Waals surface area contributed by atoms with E-state index in [1.54, 1.807) is 11.8 Å². The lowest BCUT2D eigenvalue weighted by molar-refractivity contribution is 0.342. The van der Waals surface area contributed by atoms with Crippen molar-refractivity contribution in [2.24, 2.45) is 0 Å². The predicted octanol–water partition coefficient (Wildman–Crippen LogP) is 3.98. The minimum atomic E-state index is 0.413. The van der Waals surface area contributed by atoms with E-state index in [0.717, 1.165) is 37.6 Å². The maximum Gasteiger partial charge on any atom is 0.276 e. The van der Waals surface area contributed by atoms with Crippen LogP contribution >= 0.6 is 11.8 Å². The Balaban J connectivity index is 1.47. The van der Waals surface area contributed by atoms with Crippen molar-refractivity contribution in [3.05, 3.63) is 53.9 Å². The lowest BCUT2D eigenvalue weighted by atomic mass is 9.98. The van der Waals surface area contributed by atoms with Gasteiger partial charge in [0.25, 0.3) is 5.22 Å². The monoisotopic (exact) mass is 325 g/mol. The van der Waals surface area contributed by atoms with Crippen LogP contribution in [0.4, 0.5) is 0 Å². The van der Waals surface area contributed by atoms with Crippen LogP contribution in [0.1, 0.15) is 30.2 Å². The van der Waals surface area contributed by atoms with Crippen molar-refractivity contribution >= 4 is 22.5 Å². The van der Waals surface area contributed by atoms with E-state index in [-0.39, 0.29) is 0 Å². The van der Waals surface area contributed by atoms with Crippen LogP contribution < -0.4 is 5.32 Å². The molecule has 1 fully saturated rings. The highest BCUT2D eigenvalue weighted by Gasteiger charge is 2.21. The Hall–Kier alpha value is -1.85. The quantitative estimate of drug-likeness (QED) is 0.735. The van der Waals surface area contributed by atoms with E-state index in [2.05, 4.69) is 58.0 Å². The normalized spacial score (nSPS) is 16.0. The van der Waals surface area contributed by atoms with Crippen molar-refractivity contribution in [1.29, 1.82) is 0 Å². The summed E-state index contributed by atoms with van der Waals surface area (Å²) in [6.45, 7) is 2.07. The highest BCUT2D eigenvalue weighted by molar-refractivity contribution is 7.98. The number of hydrogen-bond donors (Lipinski definition) is 1. The Morgan fingerprint density at radius 2 is 1.87 bits per heavy atom. The number of benzene rings is 2. The van der Waals surface area contributed by atoms with Crippen LogP contribution in [-0.4, -0.2) is 23.3 Å². The van der Waals surface area contributed by atoms with Crippen molar-refractivity contribution < 1.29 is 4.42 Å². The fourth-order valence-corrected chi connectivity index (χ4v) is 3.84. The van der Waals surface area contributed by atoms with E-state index in [9.17, 15) is 0 Å². The number of thioether (sulfide) groups is 1. The molecule has 1 saturated heterocycles. The standard InChI is InChI=1S/C18H19N3OS/c1-2-7-16-13(4-1)5-3-6-15(16)12-23-18-21-20-17(22-18)14-8-10-19-11-9-14/h1-7,14,19H,8-12H2. The molecule has 0 amide bonds. The van der Waals surface area contributed by atoms with Gasteiger partial charge in [-0.1, -0.05) is 54.2 Å². The van der Waals surface area contributed by atoms with Crippen molar-refractivity contribution in [1.82, 2.24) is 15.5 Å². The molecule has 0 spiro atoms. The van der Waals surface area contributed by atoms with Crippen molar-refractivity contribution in [2.45, 2.75) is 29.7 Å². The van der Waals surface area contributed by atoms with Gasteiger partial charge >= 0.3 is 0 Å². The summed E-state index contributed by atoms with van der Waals surface area (Å²) in [4.78, 5) is 0. The summed E-state index contributed by atoms with van der Waals surface area (Å²) >= 11 is 1.62. The first-order valence-corrected chi connectivity index (χ1v) is 9.02. The highest BCUT2D eigenvalue weighted by atomic mass is 32.2. The molecule has 4 nitrogen and oxygen atoms in total. The van der Waals surface area contributed by atoms with Gasteiger partial charge in [-0.25, -0.2) is 0 Å². The Morgan fingerprint density at radius 3 is 2.78 bits per heavy atom. The highest BCUT2D eigenvalue weighted by Crippen LogP contribution is 2.29. The number of hydrogen-bond acceptors (Lipinski definition) is 5. The minimum absolute atomic E-state index is 0.413. The zero-order valence-electron chi connectivity index (χ0n) is 12.9. The van der Waals surface area contributed by atoms with Crippen LogP contribution in [0.15, 0.2) is 52.1 Å². The molecule has 1 aliphatic heterocycles. The molecule has 4 rings (SSSR count). The summed E-state index contributed by atoms with van der Waals surface area (Å²) in [6.07, 6.45) is 2.16. The Bertz CT molecular complexity index is 790. The molecule has 1 aromatic heterocycles. The fourth-order valence-electron chi connectivity index (χ4n) is 3.07. The van der Waals surface area contributed by atoms with Gasteiger partial charge in [0, 0.05) is 11.7 Å². The zero-order chi connectivity index (χ0) is 15.5. The second-order valence-electron chi connectivity index (χ2n) is 5.86. The number of aromatic nitrogens is 2. The van der Waals surface area contributed by atoms with E-state index in [4.69, 9.17) is 4.42 Å². The number of rotatable bonds is 4. The van der Waals surface area contributed by atoms with E-state index in [1.165, 1.54) is 16.3 Å². The van der Waals surface area contributed by atoms with Gasteiger partial charge in [-0.15, -0.1) is 10.2 Å². The van der Waals surface area contributed by atoms with E-state index in [0.29, 0.717) is 11.1 Å². The summed E-state index contributed by atoms with van der Waals surface area (Å²) in [7, 11) is 0. The average Bonchev–Trinajstić information content (AvgIpc) is 3.10. The second-order valence-corrected chi connectivity index (χ2v) is 6.78. The lowest BCUT2D eigenvalue weighted by Crippen LogP contribution is -2.26. The third-order valence-electron chi connectivity index (χ3n) is 4.34. The summed E-state index contributed by atoms with van der Waals surface area (Å²) in [5.41, 5.74) is 1.30. The van der Waals surface area contributed by atoms with Crippen LogP contribution in [0.3, 0.4) is 0 Å². The van der Waals surface area contributed by atoms with Crippen LogP contribution in [0.5, 0.6) is 0 Å². The average molecular weight is 325 g/mol. The molecule has 23 heavy (non-hydrogen) atoms. The molecular weight excluding hydrogens is 306 g/mol. The first-order valence-electron chi connectivity index (χ1n) is 8.04. The Labute approximate surface area is 139 Å². The molecule has 1 aliphatic rings. The maximum atomic E-state index is 5.87. The topological polar surface area (TPSA) is 51.0 Å². The van der Waals surface area contributed by atoms with E-state index >= 15 is 0 Å². The maximum absolute atomic E-state index is 5.87. The van der Waals surface area contributed by atoms with Crippen LogP contribution in [0, 0.1) is 0 Å². The van der Waals surface area contributed by atoms with E-state index < -0.39 is 0 Å². The summed E-state index contributed by atoms with van der Waals surface area (Å²) in [5.74, 6) is 2.05. The molecule has 118 valence electrons. The number of fused-ring (bicyclic) bond motifs is 1. The van der Waals surface area contributed by atoms with Gasteiger partial charge in [-0.2, -0.15) is 0 Å². The first-order chi connectivity index (χ1) is 11.4. The minimum Gasteiger partial charge on any atom is -0.416 e. The largest absolute Gasteiger partial charge is 0.416 e. The number of nitrogens with zero attached hydrogens (tertiary/aromatic N) is 2. The molecule has 3 aromatic rings. The molecule has 0 unspecified atom stereocenters. The molecule has 0 aliphatic carbocycles. The molecule has 0 radical (unpaired) electrons. The third kappa shape index (κ3) is 3.26. The van der Waals surface area contributed by atoms with Crippen LogP contribution in [-0.2, 0) is 5.75 Å². The molecule has 0 bridgehead atoms. The van der Waals surface area contributed by atoms with Gasteiger partial charge in [-0.3, -0.25) is 0 Å². The molecular formula is C18H19N3OS. The molecule has 2 aromatic carbocycles. The summed E-state index contributed by atoms with van der Waals surface area (Å²) < 4.78 is 5.87. The number of piperidine rings is 1. The molecule has 0 saturated carbocycles. The van der Waals surface area contributed by atoms with Crippen molar-refractivity contribution in [3.8, 4) is 0 Å². The van der Waals surface area contributed by atoms with Crippen molar-refractivity contribution in [2.75, 3.05) is 13.1 Å². The smallest absolute Gasteiger partial charge is 0.276 e. The van der Waals surface area contributed by atoms with E-state index in [1.807, 2.05) is 0 Å². The predicted molar refractivity (Wildman–Crippen MR) is 92.7 cm³/mol. The van der Waals surface area contributed by atoms with Gasteiger partial charge < -0.3 is 9.73 Å². The molecule has 1 N–H and O–H groups in total. The number of nitrogens with one attached hydrogen (secondary N) is 1. The third-order valence-corrected chi connectivity index (χ3v) is 5.21. The lowest BCUT2D eigenvalue weighted by Gasteiger charge is -2.18. The fraction of sp³-hybridized carbons (Fsp3) is 0.333.